The first-order chi connectivity index (χ1) is 16.5. The lowest BCUT2D eigenvalue weighted by Crippen LogP contribution is -2.39. The Bertz CT molecular complexity index is 1160. The number of ether oxygens (including phenoxy) is 1. The molecule has 0 bridgehead atoms. The van der Waals surface area contributed by atoms with Crippen LogP contribution in [-0.2, 0) is 16.0 Å². The van der Waals surface area contributed by atoms with E-state index in [0.29, 0.717) is 35.2 Å². The summed E-state index contributed by atoms with van der Waals surface area (Å²) in [6, 6.07) is 24.1. The first-order valence-corrected chi connectivity index (χ1v) is 11.6. The first-order valence-electron chi connectivity index (χ1n) is 11.2. The zero-order chi connectivity index (χ0) is 24.1. The lowest BCUT2D eigenvalue weighted by Gasteiger charge is -2.24. The molecule has 1 saturated heterocycles. The van der Waals surface area contributed by atoms with Crippen LogP contribution in [0.4, 0.5) is 11.4 Å². The number of anilines is 2. The number of carbonyl (C=O) groups is 2. The van der Waals surface area contributed by atoms with Crippen molar-refractivity contribution in [2.45, 2.75) is 25.8 Å². The number of amides is 2. The monoisotopic (exact) mass is 473 g/mol. The molecule has 1 aliphatic rings. The number of hydrogen-bond acceptors (Lipinski definition) is 4. The molecule has 1 heterocycles. The molecule has 1 N–H and O–H groups in total. The van der Waals surface area contributed by atoms with Crippen LogP contribution in [-0.4, -0.2) is 41.5 Å². The standard InChI is InChI=1S/C27H27N3O3S/c1-19-8-12-22(13-9-19)30-26(32)24(18-25(31)28-21-10-14-23(33-2)15-11-21)29(27(30)34)17-16-20-6-4-3-5-7-20/h3-15,24H,16-18H2,1-2H3,(H,28,31). The molecule has 1 aliphatic heterocycles. The van der Waals surface area contributed by atoms with Gasteiger partial charge in [-0.15, -0.1) is 0 Å². The third-order valence-corrected chi connectivity index (χ3v) is 6.26. The zero-order valence-corrected chi connectivity index (χ0v) is 20.0. The fraction of sp³-hybridized carbons (Fsp3) is 0.222. The molecule has 1 unspecified atom stereocenters. The molecule has 7 heteroatoms. The molecule has 34 heavy (non-hydrogen) atoms. The van der Waals surface area contributed by atoms with Crippen LogP contribution in [0.5, 0.6) is 5.75 Å². The lowest BCUT2D eigenvalue weighted by atomic mass is 10.1. The van der Waals surface area contributed by atoms with Crippen LogP contribution in [0.3, 0.4) is 0 Å². The summed E-state index contributed by atoms with van der Waals surface area (Å²) in [5, 5.41) is 3.30. The molecule has 3 aromatic carbocycles. The molecular formula is C27H27N3O3S. The number of hydrogen-bond donors (Lipinski definition) is 1. The third-order valence-electron chi connectivity index (χ3n) is 5.85. The van der Waals surface area contributed by atoms with Crippen molar-refractivity contribution in [2.75, 3.05) is 23.9 Å². The summed E-state index contributed by atoms with van der Waals surface area (Å²) >= 11 is 5.74. The van der Waals surface area contributed by atoms with Gasteiger partial charge in [0.15, 0.2) is 5.11 Å². The van der Waals surface area contributed by atoms with Crippen LogP contribution in [0.15, 0.2) is 78.9 Å². The number of nitrogens with zero attached hydrogens (tertiary/aromatic N) is 2. The Kier molecular flexibility index (Phi) is 7.23. The predicted octanol–water partition coefficient (Wildman–Crippen LogP) is 4.58. The molecule has 3 aromatic rings. The topological polar surface area (TPSA) is 61.9 Å². The third kappa shape index (κ3) is 5.26. The average molecular weight is 474 g/mol. The Labute approximate surface area is 205 Å². The highest BCUT2D eigenvalue weighted by molar-refractivity contribution is 7.80. The maximum Gasteiger partial charge on any atom is 0.256 e. The van der Waals surface area contributed by atoms with Gasteiger partial charge in [0, 0.05) is 12.2 Å². The summed E-state index contributed by atoms with van der Waals surface area (Å²) in [5.74, 6) is 0.267. The van der Waals surface area contributed by atoms with Gasteiger partial charge < -0.3 is 15.0 Å². The minimum absolute atomic E-state index is 0.00214. The van der Waals surface area contributed by atoms with Crippen molar-refractivity contribution in [3.63, 3.8) is 0 Å². The number of carbonyl (C=O) groups excluding carboxylic acids is 2. The van der Waals surface area contributed by atoms with Crippen molar-refractivity contribution < 1.29 is 14.3 Å². The number of benzene rings is 3. The van der Waals surface area contributed by atoms with Crippen molar-refractivity contribution in [1.29, 1.82) is 0 Å². The summed E-state index contributed by atoms with van der Waals surface area (Å²) in [6.07, 6.45) is 0.717. The van der Waals surface area contributed by atoms with Gasteiger partial charge in [-0.3, -0.25) is 14.5 Å². The molecule has 0 aliphatic carbocycles. The number of rotatable bonds is 8. The molecular weight excluding hydrogens is 446 g/mol. The molecule has 0 saturated carbocycles. The second kappa shape index (κ2) is 10.5. The molecule has 0 aromatic heterocycles. The van der Waals surface area contributed by atoms with Gasteiger partial charge in [0.05, 0.1) is 19.2 Å². The Morgan fingerprint density at radius 2 is 1.68 bits per heavy atom. The average Bonchev–Trinajstić information content (AvgIpc) is 3.08. The van der Waals surface area contributed by atoms with E-state index in [-0.39, 0.29) is 18.2 Å². The second-order valence-electron chi connectivity index (χ2n) is 8.22. The molecule has 4 rings (SSSR count). The highest BCUT2D eigenvalue weighted by atomic mass is 32.1. The molecule has 2 amide bonds. The fourth-order valence-corrected chi connectivity index (χ4v) is 4.39. The summed E-state index contributed by atoms with van der Waals surface area (Å²) < 4.78 is 5.16. The van der Waals surface area contributed by atoms with E-state index in [9.17, 15) is 9.59 Å². The maximum absolute atomic E-state index is 13.5. The summed E-state index contributed by atoms with van der Waals surface area (Å²) in [5.41, 5.74) is 3.60. The minimum Gasteiger partial charge on any atom is -0.497 e. The van der Waals surface area contributed by atoms with Crippen molar-refractivity contribution in [2.24, 2.45) is 0 Å². The van der Waals surface area contributed by atoms with Gasteiger partial charge in [-0.25, -0.2) is 0 Å². The van der Waals surface area contributed by atoms with Crippen molar-refractivity contribution in [3.8, 4) is 5.75 Å². The summed E-state index contributed by atoms with van der Waals surface area (Å²) in [6.45, 7) is 2.53. The number of nitrogens with one attached hydrogen (secondary N) is 1. The van der Waals surface area contributed by atoms with Gasteiger partial charge in [-0.05, 0) is 67.5 Å². The molecule has 0 radical (unpaired) electrons. The van der Waals surface area contributed by atoms with Crippen molar-refractivity contribution >= 4 is 40.5 Å². The normalized spacial score (nSPS) is 15.5. The minimum atomic E-state index is -0.671. The Morgan fingerprint density at radius 3 is 2.32 bits per heavy atom. The van der Waals surface area contributed by atoms with Gasteiger partial charge in [0.2, 0.25) is 5.91 Å². The van der Waals surface area contributed by atoms with Crippen LogP contribution >= 0.6 is 12.2 Å². The van der Waals surface area contributed by atoms with E-state index < -0.39 is 6.04 Å². The van der Waals surface area contributed by atoms with E-state index in [1.807, 2.05) is 66.4 Å². The number of methoxy groups -OCH3 is 1. The van der Waals surface area contributed by atoms with Gasteiger partial charge >= 0.3 is 0 Å². The second-order valence-corrected chi connectivity index (χ2v) is 8.58. The molecule has 1 fully saturated rings. The molecule has 0 spiro atoms. The lowest BCUT2D eigenvalue weighted by molar-refractivity contribution is -0.124. The number of thiocarbonyl (C=S) groups is 1. The molecule has 1 atom stereocenters. The van der Waals surface area contributed by atoms with E-state index in [4.69, 9.17) is 17.0 Å². The van der Waals surface area contributed by atoms with Crippen molar-refractivity contribution in [1.82, 2.24) is 4.90 Å². The Balaban J connectivity index is 1.53. The SMILES string of the molecule is COc1ccc(NC(=O)CC2C(=O)N(c3ccc(C)cc3)C(=S)N2CCc2ccccc2)cc1. The fourth-order valence-electron chi connectivity index (χ4n) is 3.98. The summed E-state index contributed by atoms with van der Waals surface area (Å²) in [4.78, 5) is 29.8. The smallest absolute Gasteiger partial charge is 0.256 e. The first kappa shape index (κ1) is 23.4. The van der Waals surface area contributed by atoms with Gasteiger partial charge in [0.25, 0.3) is 5.91 Å². The predicted molar refractivity (Wildman–Crippen MR) is 138 cm³/mol. The van der Waals surface area contributed by atoms with Crippen LogP contribution in [0.2, 0.25) is 0 Å². The maximum atomic E-state index is 13.5. The van der Waals surface area contributed by atoms with Crippen molar-refractivity contribution in [3.05, 3.63) is 90.0 Å². The molecule has 174 valence electrons. The van der Waals surface area contributed by atoms with E-state index in [1.165, 1.54) is 0 Å². The number of aryl methyl sites for hydroxylation is 1. The van der Waals surface area contributed by atoms with E-state index in [0.717, 1.165) is 11.1 Å². The quantitative estimate of drug-likeness (QED) is 0.486. The van der Waals surface area contributed by atoms with Crippen LogP contribution in [0, 0.1) is 6.92 Å². The van der Waals surface area contributed by atoms with E-state index >= 15 is 0 Å². The Hall–Kier alpha value is -3.71. The van der Waals surface area contributed by atoms with Crippen LogP contribution in [0.25, 0.3) is 0 Å². The Morgan fingerprint density at radius 1 is 1.00 bits per heavy atom. The zero-order valence-electron chi connectivity index (χ0n) is 19.2. The highest BCUT2D eigenvalue weighted by Crippen LogP contribution is 2.28. The van der Waals surface area contributed by atoms with Crippen LogP contribution < -0.4 is 15.0 Å². The highest BCUT2D eigenvalue weighted by Gasteiger charge is 2.43. The summed E-state index contributed by atoms with van der Waals surface area (Å²) in [7, 11) is 1.59. The van der Waals surface area contributed by atoms with Gasteiger partial charge in [-0.1, -0.05) is 48.0 Å². The molecule has 6 nitrogen and oxygen atoms in total. The van der Waals surface area contributed by atoms with E-state index in [1.54, 1.807) is 36.3 Å². The van der Waals surface area contributed by atoms with Crippen LogP contribution in [0.1, 0.15) is 17.5 Å². The van der Waals surface area contributed by atoms with Gasteiger partial charge in [-0.2, -0.15) is 0 Å². The van der Waals surface area contributed by atoms with E-state index in [2.05, 4.69) is 5.32 Å². The largest absolute Gasteiger partial charge is 0.497 e. The van der Waals surface area contributed by atoms with Gasteiger partial charge in [0.1, 0.15) is 11.8 Å².